The number of carbonyl (C=O) groups is 1. The van der Waals surface area contributed by atoms with E-state index in [2.05, 4.69) is 19.9 Å². The van der Waals surface area contributed by atoms with Gasteiger partial charge < -0.3 is 10.0 Å². The molecule has 0 aliphatic carbocycles. The molecular formula is C19H20FNO2. The maximum atomic E-state index is 14.4. The van der Waals surface area contributed by atoms with Gasteiger partial charge >= 0.3 is 5.97 Å². The van der Waals surface area contributed by atoms with Crippen LogP contribution in [0.15, 0.2) is 36.4 Å². The van der Waals surface area contributed by atoms with Crippen LogP contribution in [0.3, 0.4) is 0 Å². The van der Waals surface area contributed by atoms with Gasteiger partial charge in [0.15, 0.2) is 0 Å². The molecule has 3 nitrogen and oxygen atoms in total. The Bertz CT molecular complexity index is 755. The summed E-state index contributed by atoms with van der Waals surface area (Å²) in [5, 5.41) is 8.99. The third-order valence-electron chi connectivity index (χ3n) is 4.39. The Labute approximate surface area is 135 Å². The van der Waals surface area contributed by atoms with Crippen LogP contribution < -0.4 is 4.90 Å². The molecule has 0 spiro atoms. The topological polar surface area (TPSA) is 40.5 Å². The second-order valence-electron chi connectivity index (χ2n) is 6.23. The lowest BCUT2D eigenvalue weighted by Gasteiger charge is -2.33. The fourth-order valence-corrected chi connectivity index (χ4v) is 3.30. The third-order valence-corrected chi connectivity index (χ3v) is 4.39. The number of rotatable bonds is 3. The number of halogens is 1. The molecule has 0 radical (unpaired) electrons. The average Bonchev–Trinajstić information content (AvgIpc) is 2.53. The van der Waals surface area contributed by atoms with Gasteiger partial charge in [0.2, 0.25) is 0 Å². The van der Waals surface area contributed by atoms with Gasteiger partial charge in [-0.25, -0.2) is 9.18 Å². The van der Waals surface area contributed by atoms with Gasteiger partial charge in [-0.3, -0.25) is 0 Å². The molecule has 0 unspecified atom stereocenters. The first-order chi connectivity index (χ1) is 11.0. The Kier molecular flexibility index (Phi) is 4.07. The number of aromatic carboxylic acids is 1. The number of hydrogen-bond donors (Lipinski definition) is 1. The molecule has 0 saturated heterocycles. The summed E-state index contributed by atoms with van der Waals surface area (Å²) in [6.45, 7) is 5.06. The highest BCUT2D eigenvalue weighted by Gasteiger charge is 2.23. The van der Waals surface area contributed by atoms with Crippen molar-refractivity contribution in [1.82, 2.24) is 0 Å². The van der Waals surface area contributed by atoms with Crippen molar-refractivity contribution in [3.8, 4) is 0 Å². The molecule has 0 saturated carbocycles. The molecule has 0 aromatic heterocycles. The summed E-state index contributed by atoms with van der Waals surface area (Å²) < 4.78 is 14.4. The molecule has 3 rings (SSSR count). The average molecular weight is 313 g/mol. The minimum absolute atomic E-state index is 0.0283. The number of fused-ring (bicyclic) bond motifs is 1. The molecule has 2 aromatic carbocycles. The van der Waals surface area contributed by atoms with E-state index >= 15 is 0 Å². The van der Waals surface area contributed by atoms with Crippen LogP contribution in [0.2, 0.25) is 0 Å². The SMILES string of the molecule is CC(C)c1cccc2c1CCCN2c1ccc(C(=O)O)cc1F. The molecule has 4 heteroatoms. The summed E-state index contributed by atoms with van der Waals surface area (Å²) >= 11 is 0. The van der Waals surface area contributed by atoms with Gasteiger partial charge in [-0.1, -0.05) is 26.0 Å². The molecule has 0 atom stereocenters. The molecule has 0 fully saturated rings. The lowest BCUT2D eigenvalue weighted by molar-refractivity contribution is 0.0696. The lowest BCUT2D eigenvalue weighted by atomic mass is 9.90. The van der Waals surface area contributed by atoms with E-state index in [9.17, 15) is 9.18 Å². The predicted molar refractivity (Wildman–Crippen MR) is 89.2 cm³/mol. The van der Waals surface area contributed by atoms with Crippen molar-refractivity contribution >= 4 is 17.3 Å². The van der Waals surface area contributed by atoms with E-state index in [0.717, 1.165) is 31.1 Å². The molecule has 0 amide bonds. The van der Waals surface area contributed by atoms with Crippen LogP contribution in [0.4, 0.5) is 15.8 Å². The van der Waals surface area contributed by atoms with E-state index in [1.807, 2.05) is 17.0 Å². The first-order valence-corrected chi connectivity index (χ1v) is 7.91. The number of nitrogens with zero attached hydrogens (tertiary/aromatic N) is 1. The Morgan fingerprint density at radius 1 is 1.22 bits per heavy atom. The summed E-state index contributed by atoms with van der Waals surface area (Å²) in [5.41, 5.74) is 4.02. The van der Waals surface area contributed by atoms with E-state index in [1.54, 1.807) is 6.07 Å². The molecule has 2 aromatic rings. The molecule has 1 heterocycles. The molecule has 23 heavy (non-hydrogen) atoms. The van der Waals surface area contributed by atoms with Gasteiger partial charge in [-0.05, 0) is 54.2 Å². The van der Waals surface area contributed by atoms with Gasteiger partial charge in [0.25, 0.3) is 0 Å². The van der Waals surface area contributed by atoms with Crippen LogP contribution in [0, 0.1) is 5.82 Å². The van der Waals surface area contributed by atoms with Gasteiger partial charge in [-0.2, -0.15) is 0 Å². The third kappa shape index (κ3) is 2.81. The van der Waals surface area contributed by atoms with E-state index in [1.165, 1.54) is 17.2 Å². The molecule has 1 aliphatic heterocycles. The zero-order chi connectivity index (χ0) is 16.6. The molecular weight excluding hydrogens is 293 g/mol. The van der Waals surface area contributed by atoms with Crippen molar-refractivity contribution in [3.05, 3.63) is 58.9 Å². The van der Waals surface area contributed by atoms with Crippen molar-refractivity contribution in [2.24, 2.45) is 0 Å². The van der Waals surface area contributed by atoms with Crippen molar-refractivity contribution in [2.75, 3.05) is 11.4 Å². The standard InChI is InChI=1S/C19H20FNO2/c1-12(2)14-5-3-7-17-15(14)6-4-10-21(17)18-9-8-13(19(22)23)11-16(18)20/h3,5,7-9,11-12H,4,6,10H2,1-2H3,(H,22,23). The van der Waals surface area contributed by atoms with E-state index < -0.39 is 11.8 Å². The summed E-state index contributed by atoms with van der Waals surface area (Å²) in [6.07, 6.45) is 1.95. The van der Waals surface area contributed by atoms with Crippen LogP contribution in [0.5, 0.6) is 0 Å². The highest BCUT2D eigenvalue weighted by atomic mass is 19.1. The van der Waals surface area contributed by atoms with Gasteiger partial charge in [-0.15, -0.1) is 0 Å². The monoisotopic (exact) mass is 313 g/mol. The largest absolute Gasteiger partial charge is 0.478 e. The first kappa shape index (κ1) is 15.5. The molecule has 0 bridgehead atoms. The van der Waals surface area contributed by atoms with Gasteiger partial charge in [0, 0.05) is 12.2 Å². The van der Waals surface area contributed by atoms with Crippen LogP contribution in [-0.4, -0.2) is 17.6 Å². The zero-order valence-electron chi connectivity index (χ0n) is 13.3. The molecule has 1 N–H and O–H groups in total. The van der Waals surface area contributed by atoms with Gasteiger partial charge in [0.1, 0.15) is 5.82 Å². The lowest BCUT2D eigenvalue weighted by Crippen LogP contribution is -2.26. The minimum atomic E-state index is -1.11. The summed E-state index contributed by atoms with van der Waals surface area (Å²) in [6, 6.07) is 10.3. The Morgan fingerprint density at radius 3 is 2.65 bits per heavy atom. The van der Waals surface area contributed by atoms with Crippen molar-refractivity contribution < 1.29 is 14.3 Å². The summed E-state index contributed by atoms with van der Waals surface area (Å²) in [4.78, 5) is 12.9. The number of benzene rings is 2. The number of carboxylic acids is 1. The maximum Gasteiger partial charge on any atom is 0.335 e. The maximum absolute atomic E-state index is 14.4. The Hall–Kier alpha value is -2.36. The highest BCUT2D eigenvalue weighted by molar-refractivity contribution is 5.88. The Balaban J connectivity index is 2.07. The number of hydrogen-bond acceptors (Lipinski definition) is 2. The first-order valence-electron chi connectivity index (χ1n) is 7.91. The summed E-state index contributed by atoms with van der Waals surface area (Å²) in [7, 11) is 0. The smallest absolute Gasteiger partial charge is 0.335 e. The second kappa shape index (κ2) is 6.03. The number of anilines is 2. The Morgan fingerprint density at radius 2 is 2.00 bits per heavy atom. The highest BCUT2D eigenvalue weighted by Crippen LogP contribution is 2.38. The number of carboxylic acid groups (broad SMARTS) is 1. The van der Waals surface area contributed by atoms with E-state index in [0.29, 0.717) is 11.6 Å². The van der Waals surface area contributed by atoms with Crippen LogP contribution in [0.1, 0.15) is 47.7 Å². The van der Waals surface area contributed by atoms with Crippen molar-refractivity contribution in [3.63, 3.8) is 0 Å². The second-order valence-corrected chi connectivity index (χ2v) is 6.23. The van der Waals surface area contributed by atoms with Crippen molar-refractivity contribution in [1.29, 1.82) is 0 Å². The normalized spacial score (nSPS) is 14.0. The fourth-order valence-electron chi connectivity index (χ4n) is 3.30. The van der Waals surface area contributed by atoms with Crippen molar-refractivity contribution in [2.45, 2.75) is 32.6 Å². The minimum Gasteiger partial charge on any atom is -0.478 e. The zero-order valence-corrected chi connectivity index (χ0v) is 13.3. The molecule has 120 valence electrons. The predicted octanol–water partition coefficient (Wildman–Crippen LogP) is 4.73. The van der Waals surface area contributed by atoms with Crippen LogP contribution >= 0.6 is 0 Å². The van der Waals surface area contributed by atoms with Gasteiger partial charge in [0.05, 0.1) is 11.3 Å². The van der Waals surface area contributed by atoms with Crippen LogP contribution in [-0.2, 0) is 6.42 Å². The van der Waals surface area contributed by atoms with E-state index in [-0.39, 0.29) is 5.56 Å². The molecule has 1 aliphatic rings. The fraction of sp³-hybridized carbons (Fsp3) is 0.316. The summed E-state index contributed by atoms with van der Waals surface area (Å²) in [5.74, 6) is -1.19. The van der Waals surface area contributed by atoms with E-state index in [4.69, 9.17) is 5.11 Å². The van der Waals surface area contributed by atoms with Crippen LogP contribution in [0.25, 0.3) is 0 Å². The quantitative estimate of drug-likeness (QED) is 0.890.